The number of piperazine rings is 1. The molecule has 1 heterocycles. The standard InChI is InChI=1S/C19H22ClN3/c1-16(18-5-3-2-4-6-18)21-23-13-11-22(12-14-23)15-17-7-9-19(20)10-8-17/h2-10H,11-15H2,1H3. The van der Waals surface area contributed by atoms with Gasteiger partial charge in [0.1, 0.15) is 0 Å². The van der Waals surface area contributed by atoms with Gasteiger partial charge in [0.15, 0.2) is 0 Å². The van der Waals surface area contributed by atoms with Crippen molar-refractivity contribution in [3.8, 4) is 0 Å². The van der Waals surface area contributed by atoms with Gasteiger partial charge in [-0.05, 0) is 30.2 Å². The maximum atomic E-state index is 5.94. The number of rotatable bonds is 4. The van der Waals surface area contributed by atoms with Crippen LogP contribution in [0, 0.1) is 0 Å². The molecular formula is C19H22ClN3. The summed E-state index contributed by atoms with van der Waals surface area (Å²) in [6.45, 7) is 7.07. The normalized spacial score (nSPS) is 16.6. The fourth-order valence-electron chi connectivity index (χ4n) is 2.79. The number of benzene rings is 2. The van der Waals surface area contributed by atoms with Crippen molar-refractivity contribution in [2.45, 2.75) is 13.5 Å². The van der Waals surface area contributed by atoms with E-state index in [2.05, 4.69) is 53.2 Å². The Morgan fingerprint density at radius 1 is 0.957 bits per heavy atom. The highest BCUT2D eigenvalue weighted by Gasteiger charge is 2.16. The molecule has 0 amide bonds. The first-order chi connectivity index (χ1) is 11.2. The van der Waals surface area contributed by atoms with E-state index in [0.717, 1.165) is 43.5 Å². The van der Waals surface area contributed by atoms with Gasteiger partial charge in [0.25, 0.3) is 0 Å². The molecule has 2 aromatic carbocycles. The largest absolute Gasteiger partial charge is 0.295 e. The van der Waals surface area contributed by atoms with E-state index in [9.17, 15) is 0 Å². The third kappa shape index (κ3) is 4.57. The summed E-state index contributed by atoms with van der Waals surface area (Å²) in [6, 6.07) is 18.5. The van der Waals surface area contributed by atoms with Crippen molar-refractivity contribution >= 4 is 17.3 Å². The fourth-order valence-corrected chi connectivity index (χ4v) is 2.92. The molecule has 23 heavy (non-hydrogen) atoms. The molecule has 0 atom stereocenters. The molecule has 0 saturated carbocycles. The van der Waals surface area contributed by atoms with Crippen LogP contribution in [0.4, 0.5) is 0 Å². The van der Waals surface area contributed by atoms with E-state index in [1.165, 1.54) is 11.1 Å². The maximum absolute atomic E-state index is 5.94. The Morgan fingerprint density at radius 2 is 1.61 bits per heavy atom. The number of halogens is 1. The number of hydrogen-bond donors (Lipinski definition) is 0. The quantitative estimate of drug-likeness (QED) is 0.794. The van der Waals surface area contributed by atoms with Gasteiger partial charge in [-0.1, -0.05) is 54.1 Å². The average Bonchev–Trinajstić information content (AvgIpc) is 2.59. The molecule has 0 unspecified atom stereocenters. The number of hydrogen-bond acceptors (Lipinski definition) is 3. The van der Waals surface area contributed by atoms with Gasteiger partial charge in [0.05, 0.1) is 5.71 Å². The molecule has 1 aliphatic rings. The van der Waals surface area contributed by atoms with Crippen LogP contribution in [0.1, 0.15) is 18.1 Å². The van der Waals surface area contributed by atoms with Crippen molar-refractivity contribution in [1.82, 2.24) is 9.91 Å². The minimum absolute atomic E-state index is 0.796. The van der Waals surface area contributed by atoms with Gasteiger partial charge in [-0.15, -0.1) is 0 Å². The highest BCUT2D eigenvalue weighted by atomic mass is 35.5. The topological polar surface area (TPSA) is 18.8 Å². The minimum Gasteiger partial charge on any atom is -0.295 e. The highest BCUT2D eigenvalue weighted by molar-refractivity contribution is 6.30. The lowest BCUT2D eigenvalue weighted by molar-refractivity contribution is 0.130. The van der Waals surface area contributed by atoms with Crippen LogP contribution in [0.25, 0.3) is 0 Å². The Morgan fingerprint density at radius 3 is 2.26 bits per heavy atom. The predicted octanol–water partition coefficient (Wildman–Crippen LogP) is 3.88. The Hall–Kier alpha value is -1.84. The zero-order chi connectivity index (χ0) is 16.1. The summed E-state index contributed by atoms with van der Waals surface area (Å²) in [5.74, 6) is 0. The first-order valence-corrected chi connectivity index (χ1v) is 8.41. The molecule has 0 spiro atoms. The van der Waals surface area contributed by atoms with Crippen LogP contribution in [0.15, 0.2) is 59.7 Å². The molecule has 0 bridgehead atoms. The summed E-state index contributed by atoms with van der Waals surface area (Å²) >= 11 is 5.94. The van der Waals surface area contributed by atoms with Crippen molar-refractivity contribution in [2.24, 2.45) is 5.10 Å². The Kier molecular flexibility index (Phi) is 5.31. The van der Waals surface area contributed by atoms with Crippen LogP contribution >= 0.6 is 11.6 Å². The van der Waals surface area contributed by atoms with Gasteiger partial charge in [0, 0.05) is 37.7 Å². The van der Waals surface area contributed by atoms with Gasteiger partial charge < -0.3 is 0 Å². The van der Waals surface area contributed by atoms with E-state index in [-0.39, 0.29) is 0 Å². The Balaban J connectivity index is 1.53. The molecule has 0 aromatic heterocycles. The molecule has 0 aliphatic carbocycles. The average molecular weight is 328 g/mol. The molecule has 3 nitrogen and oxygen atoms in total. The van der Waals surface area contributed by atoms with Crippen molar-refractivity contribution in [3.05, 3.63) is 70.7 Å². The summed E-state index contributed by atoms with van der Waals surface area (Å²) in [6.07, 6.45) is 0. The van der Waals surface area contributed by atoms with E-state index in [0.29, 0.717) is 0 Å². The fraction of sp³-hybridized carbons (Fsp3) is 0.316. The lowest BCUT2D eigenvalue weighted by atomic mass is 10.1. The summed E-state index contributed by atoms with van der Waals surface area (Å²) in [5, 5.41) is 7.74. The Bertz CT molecular complexity index is 644. The molecule has 120 valence electrons. The van der Waals surface area contributed by atoms with Crippen LogP contribution in [0.3, 0.4) is 0 Å². The van der Waals surface area contributed by atoms with Crippen molar-refractivity contribution in [3.63, 3.8) is 0 Å². The highest BCUT2D eigenvalue weighted by Crippen LogP contribution is 2.13. The van der Waals surface area contributed by atoms with Crippen LogP contribution in [-0.2, 0) is 6.54 Å². The smallest absolute Gasteiger partial charge is 0.0646 e. The van der Waals surface area contributed by atoms with Crippen molar-refractivity contribution < 1.29 is 0 Å². The number of hydrazone groups is 1. The van der Waals surface area contributed by atoms with Gasteiger partial charge in [-0.3, -0.25) is 9.91 Å². The zero-order valence-corrected chi connectivity index (χ0v) is 14.2. The van der Waals surface area contributed by atoms with E-state index in [1.807, 2.05) is 18.2 Å². The minimum atomic E-state index is 0.796. The van der Waals surface area contributed by atoms with Crippen molar-refractivity contribution in [2.75, 3.05) is 26.2 Å². The summed E-state index contributed by atoms with van der Waals surface area (Å²) in [7, 11) is 0. The van der Waals surface area contributed by atoms with Gasteiger partial charge in [-0.25, -0.2) is 0 Å². The summed E-state index contributed by atoms with van der Waals surface area (Å²) in [4.78, 5) is 2.47. The molecule has 2 aromatic rings. The first kappa shape index (κ1) is 16.0. The molecule has 1 fully saturated rings. The second-order valence-corrected chi connectivity index (χ2v) is 6.34. The third-order valence-electron chi connectivity index (χ3n) is 4.15. The molecule has 0 radical (unpaired) electrons. The van der Waals surface area contributed by atoms with Crippen LogP contribution in [0.5, 0.6) is 0 Å². The predicted molar refractivity (Wildman–Crippen MR) is 97.0 cm³/mol. The van der Waals surface area contributed by atoms with Crippen LogP contribution in [-0.4, -0.2) is 41.8 Å². The Labute approximate surface area is 143 Å². The van der Waals surface area contributed by atoms with Gasteiger partial charge >= 0.3 is 0 Å². The lowest BCUT2D eigenvalue weighted by Gasteiger charge is -2.33. The molecule has 3 rings (SSSR count). The maximum Gasteiger partial charge on any atom is 0.0646 e. The summed E-state index contributed by atoms with van der Waals surface area (Å²) in [5.41, 5.74) is 3.58. The van der Waals surface area contributed by atoms with E-state index < -0.39 is 0 Å². The molecule has 1 aliphatic heterocycles. The molecule has 1 saturated heterocycles. The van der Waals surface area contributed by atoms with E-state index in [1.54, 1.807) is 0 Å². The van der Waals surface area contributed by atoms with Gasteiger partial charge in [-0.2, -0.15) is 5.10 Å². The van der Waals surface area contributed by atoms with E-state index >= 15 is 0 Å². The van der Waals surface area contributed by atoms with Crippen molar-refractivity contribution in [1.29, 1.82) is 0 Å². The van der Waals surface area contributed by atoms with Crippen LogP contribution < -0.4 is 0 Å². The van der Waals surface area contributed by atoms with Crippen LogP contribution in [0.2, 0.25) is 5.02 Å². The molecule has 4 heteroatoms. The number of nitrogens with zero attached hydrogens (tertiary/aromatic N) is 3. The molecule has 0 N–H and O–H groups in total. The van der Waals surface area contributed by atoms with Gasteiger partial charge in [0.2, 0.25) is 0 Å². The monoisotopic (exact) mass is 327 g/mol. The van der Waals surface area contributed by atoms with E-state index in [4.69, 9.17) is 16.7 Å². The zero-order valence-electron chi connectivity index (χ0n) is 13.5. The second-order valence-electron chi connectivity index (χ2n) is 5.91. The molecular weight excluding hydrogens is 306 g/mol. The lowest BCUT2D eigenvalue weighted by Crippen LogP contribution is -2.43. The SMILES string of the molecule is CC(=NN1CCN(Cc2ccc(Cl)cc2)CC1)c1ccccc1. The second kappa shape index (κ2) is 7.62. The summed E-state index contributed by atoms with van der Waals surface area (Å²) < 4.78 is 0. The third-order valence-corrected chi connectivity index (χ3v) is 4.40. The first-order valence-electron chi connectivity index (χ1n) is 8.03.